The van der Waals surface area contributed by atoms with Crippen molar-refractivity contribution in [3.8, 4) is 0 Å². The van der Waals surface area contributed by atoms with Crippen molar-refractivity contribution in [2.45, 2.75) is 39.2 Å². The van der Waals surface area contributed by atoms with Crippen LogP contribution in [0, 0.1) is 0 Å². The SMILES string of the molecule is CC(C)(C)NC(=O)OCCCCNc1ccc(C(N)=O)cc1N. The van der Waals surface area contributed by atoms with E-state index in [4.69, 9.17) is 16.2 Å². The second-order valence-corrected chi connectivity index (χ2v) is 6.31. The summed E-state index contributed by atoms with van der Waals surface area (Å²) < 4.78 is 5.08. The Morgan fingerprint density at radius 1 is 1.22 bits per heavy atom. The van der Waals surface area contributed by atoms with Gasteiger partial charge in [-0.1, -0.05) is 0 Å². The first-order valence-electron chi connectivity index (χ1n) is 7.57. The van der Waals surface area contributed by atoms with Gasteiger partial charge in [0.25, 0.3) is 0 Å². The van der Waals surface area contributed by atoms with Crippen LogP contribution in [-0.4, -0.2) is 30.7 Å². The first-order chi connectivity index (χ1) is 10.7. The van der Waals surface area contributed by atoms with Crippen molar-refractivity contribution < 1.29 is 14.3 Å². The van der Waals surface area contributed by atoms with Gasteiger partial charge in [0.2, 0.25) is 5.91 Å². The highest BCUT2D eigenvalue weighted by molar-refractivity contribution is 5.94. The summed E-state index contributed by atoms with van der Waals surface area (Å²) in [7, 11) is 0. The number of alkyl carbamates (subject to hydrolysis) is 1. The Bertz CT molecular complexity index is 553. The molecule has 2 amide bonds. The van der Waals surface area contributed by atoms with Gasteiger partial charge in [-0.2, -0.15) is 0 Å². The van der Waals surface area contributed by atoms with Crippen molar-refractivity contribution >= 4 is 23.4 Å². The molecule has 23 heavy (non-hydrogen) atoms. The summed E-state index contributed by atoms with van der Waals surface area (Å²) in [6.07, 6.45) is 1.15. The fourth-order valence-electron chi connectivity index (χ4n) is 1.83. The van der Waals surface area contributed by atoms with E-state index in [0.717, 1.165) is 18.5 Å². The minimum Gasteiger partial charge on any atom is -0.450 e. The van der Waals surface area contributed by atoms with Crippen molar-refractivity contribution in [1.29, 1.82) is 0 Å². The van der Waals surface area contributed by atoms with Crippen molar-refractivity contribution in [3.05, 3.63) is 23.8 Å². The van der Waals surface area contributed by atoms with Gasteiger partial charge in [0.1, 0.15) is 0 Å². The van der Waals surface area contributed by atoms with E-state index in [1.54, 1.807) is 18.2 Å². The molecule has 1 rings (SSSR count). The fourth-order valence-corrected chi connectivity index (χ4v) is 1.83. The van der Waals surface area contributed by atoms with Crippen LogP contribution in [0.1, 0.15) is 44.0 Å². The normalized spacial score (nSPS) is 10.9. The number of ether oxygens (including phenoxy) is 1. The minimum absolute atomic E-state index is 0.298. The molecule has 6 N–H and O–H groups in total. The molecule has 0 saturated heterocycles. The van der Waals surface area contributed by atoms with E-state index in [1.165, 1.54) is 0 Å². The molecule has 0 aliphatic rings. The van der Waals surface area contributed by atoms with E-state index < -0.39 is 12.0 Å². The van der Waals surface area contributed by atoms with Crippen molar-refractivity contribution in [2.24, 2.45) is 5.73 Å². The third kappa shape index (κ3) is 7.39. The highest BCUT2D eigenvalue weighted by Gasteiger charge is 2.14. The van der Waals surface area contributed by atoms with Gasteiger partial charge in [-0.3, -0.25) is 4.79 Å². The summed E-state index contributed by atoms with van der Waals surface area (Å²) in [6, 6.07) is 4.90. The summed E-state index contributed by atoms with van der Waals surface area (Å²) in [4.78, 5) is 22.5. The molecule has 7 nitrogen and oxygen atoms in total. The lowest BCUT2D eigenvalue weighted by Crippen LogP contribution is -2.41. The van der Waals surface area contributed by atoms with Crippen molar-refractivity contribution in [2.75, 3.05) is 24.2 Å². The number of nitrogen functional groups attached to an aromatic ring is 1. The second kappa shape index (κ2) is 8.26. The first kappa shape index (κ1) is 18.6. The Balaban J connectivity index is 2.23. The maximum absolute atomic E-state index is 11.4. The number of nitrogens with two attached hydrogens (primary N) is 2. The highest BCUT2D eigenvalue weighted by atomic mass is 16.5. The molecular weight excluding hydrogens is 296 g/mol. The largest absolute Gasteiger partial charge is 0.450 e. The Hall–Kier alpha value is -2.44. The number of carbonyl (C=O) groups excluding carboxylic acids is 2. The van der Waals surface area contributed by atoms with Gasteiger partial charge in [-0.05, 0) is 51.8 Å². The van der Waals surface area contributed by atoms with Crippen LogP contribution in [0.15, 0.2) is 18.2 Å². The number of hydrogen-bond acceptors (Lipinski definition) is 5. The van der Waals surface area contributed by atoms with Crippen LogP contribution in [0.4, 0.5) is 16.2 Å². The zero-order chi connectivity index (χ0) is 17.5. The second-order valence-electron chi connectivity index (χ2n) is 6.31. The molecule has 0 fully saturated rings. The smallest absolute Gasteiger partial charge is 0.407 e. The summed E-state index contributed by atoms with van der Waals surface area (Å²) in [5.41, 5.74) is 12.3. The number of rotatable bonds is 7. The molecule has 0 radical (unpaired) electrons. The first-order valence-corrected chi connectivity index (χ1v) is 7.57. The highest BCUT2D eigenvalue weighted by Crippen LogP contribution is 2.19. The van der Waals surface area contributed by atoms with Gasteiger partial charge in [0.15, 0.2) is 0 Å². The number of amides is 2. The van der Waals surface area contributed by atoms with E-state index in [9.17, 15) is 9.59 Å². The summed E-state index contributed by atoms with van der Waals surface area (Å²) in [5.74, 6) is -0.506. The maximum atomic E-state index is 11.4. The van der Waals surface area contributed by atoms with Crippen LogP contribution in [0.25, 0.3) is 0 Å². The zero-order valence-electron chi connectivity index (χ0n) is 13.9. The summed E-state index contributed by atoms with van der Waals surface area (Å²) in [5, 5.41) is 5.90. The lowest BCUT2D eigenvalue weighted by Gasteiger charge is -2.19. The molecule has 0 unspecified atom stereocenters. The molecule has 0 spiro atoms. The monoisotopic (exact) mass is 322 g/mol. The molecule has 7 heteroatoms. The van der Waals surface area contributed by atoms with Gasteiger partial charge in [-0.15, -0.1) is 0 Å². The molecular formula is C16H26N4O3. The van der Waals surface area contributed by atoms with Gasteiger partial charge >= 0.3 is 6.09 Å². The number of anilines is 2. The van der Waals surface area contributed by atoms with Gasteiger partial charge in [-0.25, -0.2) is 4.79 Å². The topological polar surface area (TPSA) is 119 Å². The number of hydrogen-bond donors (Lipinski definition) is 4. The lowest BCUT2D eigenvalue weighted by atomic mass is 10.1. The Labute approximate surface area is 136 Å². The van der Waals surface area contributed by atoms with Gasteiger partial charge < -0.3 is 26.8 Å². The van der Waals surface area contributed by atoms with E-state index in [2.05, 4.69) is 10.6 Å². The Morgan fingerprint density at radius 2 is 1.91 bits per heavy atom. The van der Waals surface area contributed by atoms with Crippen LogP contribution < -0.4 is 22.1 Å². The zero-order valence-corrected chi connectivity index (χ0v) is 13.9. The van der Waals surface area contributed by atoms with E-state index >= 15 is 0 Å². The van der Waals surface area contributed by atoms with Crippen LogP contribution in [0.3, 0.4) is 0 Å². The lowest BCUT2D eigenvalue weighted by molar-refractivity contribution is 0.1000. The van der Waals surface area contributed by atoms with Gasteiger partial charge in [0.05, 0.1) is 18.0 Å². The molecule has 0 bridgehead atoms. The molecule has 0 atom stereocenters. The molecule has 1 aromatic carbocycles. The standard InChI is InChI=1S/C16H26N4O3/c1-16(2,3)20-15(22)23-9-5-4-8-19-13-7-6-11(14(18)21)10-12(13)17/h6-7,10,19H,4-5,8-9,17H2,1-3H3,(H2,18,21)(H,20,22). The van der Waals surface area contributed by atoms with Gasteiger partial charge in [0, 0.05) is 17.6 Å². The molecule has 1 aromatic rings. The molecule has 0 aromatic heterocycles. The van der Waals surface area contributed by atoms with Crippen molar-refractivity contribution in [3.63, 3.8) is 0 Å². The van der Waals surface area contributed by atoms with E-state index in [1.807, 2.05) is 20.8 Å². The summed E-state index contributed by atoms with van der Waals surface area (Å²) in [6.45, 7) is 6.73. The molecule has 0 aliphatic carbocycles. The average Bonchev–Trinajstić information content (AvgIpc) is 2.41. The summed E-state index contributed by atoms with van der Waals surface area (Å²) >= 11 is 0. The number of unbranched alkanes of at least 4 members (excludes halogenated alkanes) is 1. The predicted molar refractivity (Wildman–Crippen MR) is 91.3 cm³/mol. The number of benzene rings is 1. The molecule has 0 saturated carbocycles. The fraction of sp³-hybridized carbons (Fsp3) is 0.500. The van der Waals surface area contributed by atoms with Crippen LogP contribution >= 0.6 is 0 Å². The number of nitrogens with one attached hydrogen (secondary N) is 2. The van der Waals surface area contributed by atoms with Crippen LogP contribution in [-0.2, 0) is 4.74 Å². The Morgan fingerprint density at radius 3 is 2.48 bits per heavy atom. The predicted octanol–water partition coefficient (Wildman–Crippen LogP) is 2.08. The van der Waals surface area contributed by atoms with Crippen LogP contribution in [0.2, 0.25) is 0 Å². The molecule has 0 aliphatic heterocycles. The average molecular weight is 322 g/mol. The Kier molecular flexibility index (Phi) is 6.68. The number of primary amides is 1. The third-order valence-electron chi connectivity index (χ3n) is 2.93. The number of carbonyl (C=O) groups is 2. The third-order valence-corrected chi connectivity index (χ3v) is 2.93. The van der Waals surface area contributed by atoms with E-state index in [-0.39, 0.29) is 5.54 Å². The quantitative estimate of drug-likeness (QED) is 0.452. The molecule has 0 heterocycles. The molecule has 128 valence electrons. The maximum Gasteiger partial charge on any atom is 0.407 e. The van der Waals surface area contributed by atoms with Crippen molar-refractivity contribution in [1.82, 2.24) is 5.32 Å². The van der Waals surface area contributed by atoms with E-state index in [0.29, 0.717) is 24.4 Å². The van der Waals surface area contributed by atoms with Crippen LogP contribution in [0.5, 0.6) is 0 Å². The minimum atomic E-state index is -0.506.